The molecule has 0 radical (unpaired) electrons. The van der Waals surface area contributed by atoms with Crippen molar-refractivity contribution in [2.24, 2.45) is 5.73 Å². The van der Waals surface area contributed by atoms with Gasteiger partial charge in [-0.1, -0.05) is 24.3 Å². The molecule has 2 aromatic rings. The van der Waals surface area contributed by atoms with Crippen molar-refractivity contribution in [1.29, 1.82) is 0 Å². The van der Waals surface area contributed by atoms with Crippen molar-refractivity contribution >= 4 is 0 Å². The molecule has 3 rings (SSSR count). The van der Waals surface area contributed by atoms with Crippen molar-refractivity contribution in [3.8, 4) is 0 Å². The SMILES string of the molecule is CCn1nc(C)cc1C(N)CC1CCCc2ccccc21. The number of benzene rings is 1. The predicted octanol–water partition coefficient (Wildman–Crippen LogP) is 3.72. The van der Waals surface area contributed by atoms with Crippen LogP contribution < -0.4 is 5.73 Å². The summed E-state index contributed by atoms with van der Waals surface area (Å²) >= 11 is 0. The number of hydrogen-bond acceptors (Lipinski definition) is 2. The topological polar surface area (TPSA) is 43.8 Å². The molecule has 2 unspecified atom stereocenters. The molecule has 3 heteroatoms. The number of nitrogens with zero attached hydrogens (tertiary/aromatic N) is 2. The van der Waals surface area contributed by atoms with E-state index in [1.54, 1.807) is 0 Å². The van der Waals surface area contributed by atoms with Crippen LogP contribution in [0.25, 0.3) is 0 Å². The van der Waals surface area contributed by atoms with Crippen LogP contribution in [0.2, 0.25) is 0 Å². The molecule has 1 aliphatic rings. The molecule has 1 aliphatic carbocycles. The fourth-order valence-electron chi connectivity index (χ4n) is 3.64. The lowest BCUT2D eigenvalue weighted by molar-refractivity contribution is 0.455. The van der Waals surface area contributed by atoms with Crippen molar-refractivity contribution in [2.45, 2.75) is 58.0 Å². The predicted molar refractivity (Wildman–Crippen MR) is 86.3 cm³/mol. The zero-order valence-corrected chi connectivity index (χ0v) is 13.0. The van der Waals surface area contributed by atoms with E-state index in [0.717, 1.165) is 18.7 Å². The summed E-state index contributed by atoms with van der Waals surface area (Å²) in [5.41, 5.74) is 11.8. The highest BCUT2D eigenvalue weighted by molar-refractivity contribution is 5.33. The normalized spacial score (nSPS) is 19.3. The van der Waals surface area contributed by atoms with Gasteiger partial charge in [0.05, 0.1) is 11.4 Å². The van der Waals surface area contributed by atoms with Crippen molar-refractivity contribution < 1.29 is 0 Å². The monoisotopic (exact) mass is 283 g/mol. The molecule has 3 nitrogen and oxygen atoms in total. The van der Waals surface area contributed by atoms with Gasteiger partial charge < -0.3 is 5.73 Å². The Morgan fingerprint density at radius 1 is 1.38 bits per heavy atom. The van der Waals surface area contributed by atoms with Gasteiger partial charge in [-0.25, -0.2) is 0 Å². The van der Waals surface area contributed by atoms with Gasteiger partial charge in [0.1, 0.15) is 0 Å². The second-order valence-electron chi connectivity index (χ2n) is 6.16. The van der Waals surface area contributed by atoms with Gasteiger partial charge in [0, 0.05) is 12.6 Å². The van der Waals surface area contributed by atoms with Crippen LogP contribution in [0.1, 0.15) is 60.7 Å². The first-order valence-electron chi connectivity index (χ1n) is 8.06. The first-order chi connectivity index (χ1) is 10.2. The molecule has 21 heavy (non-hydrogen) atoms. The standard InChI is InChI=1S/C18H25N3/c1-3-21-18(11-13(2)20-21)17(19)12-15-9-6-8-14-7-4-5-10-16(14)15/h4-5,7,10-11,15,17H,3,6,8-9,12,19H2,1-2H3. The molecule has 0 bridgehead atoms. The molecule has 0 fully saturated rings. The van der Waals surface area contributed by atoms with E-state index >= 15 is 0 Å². The van der Waals surface area contributed by atoms with E-state index in [9.17, 15) is 0 Å². The first-order valence-corrected chi connectivity index (χ1v) is 8.06. The average Bonchev–Trinajstić information content (AvgIpc) is 2.89. The minimum absolute atomic E-state index is 0.0716. The second kappa shape index (κ2) is 6.02. The van der Waals surface area contributed by atoms with Crippen molar-refractivity contribution in [3.63, 3.8) is 0 Å². The lowest BCUT2D eigenvalue weighted by Gasteiger charge is -2.27. The Kier molecular flexibility index (Phi) is 4.11. The number of aryl methyl sites for hydroxylation is 3. The Morgan fingerprint density at radius 3 is 3.00 bits per heavy atom. The Balaban J connectivity index is 1.81. The molecule has 0 aliphatic heterocycles. The minimum atomic E-state index is 0.0716. The summed E-state index contributed by atoms with van der Waals surface area (Å²) in [5, 5.41) is 4.52. The Morgan fingerprint density at radius 2 is 2.19 bits per heavy atom. The molecule has 2 atom stereocenters. The summed E-state index contributed by atoms with van der Waals surface area (Å²) in [6.07, 6.45) is 4.76. The van der Waals surface area contributed by atoms with E-state index in [2.05, 4.69) is 47.0 Å². The van der Waals surface area contributed by atoms with Crippen molar-refractivity contribution in [1.82, 2.24) is 9.78 Å². The summed E-state index contributed by atoms with van der Waals surface area (Å²) in [4.78, 5) is 0. The van der Waals surface area contributed by atoms with Crippen LogP contribution in [0.3, 0.4) is 0 Å². The highest BCUT2D eigenvalue weighted by Gasteiger charge is 2.24. The molecule has 0 amide bonds. The van der Waals surface area contributed by atoms with Crippen LogP contribution >= 0.6 is 0 Å². The summed E-state index contributed by atoms with van der Waals surface area (Å²) in [7, 11) is 0. The van der Waals surface area contributed by atoms with Gasteiger partial charge in [0.15, 0.2) is 0 Å². The number of nitrogens with two attached hydrogens (primary N) is 1. The van der Waals surface area contributed by atoms with E-state index in [4.69, 9.17) is 5.73 Å². The maximum absolute atomic E-state index is 6.51. The Labute approximate surface area is 127 Å². The third-order valence-electron chi connectivity index (χ3n) is 4.64. The van der Waals surface area contributed by atoms with Gasteiger partial charge in [-0.2, -0.15) is 5.10 Å². The van der Waals surface area contributed by atoms with Gasteiger partial charge in [0.2, 0.25) is 0 Å². The van der Waals surface area contributed by atoms with Gasteiger partial charge >= 0.3 is 0 Å². The number of aromatic nitrogens is 2. The second-order valence-corrected chi connectivity index (χ2v) is 6.16. The van der Waals surface area contributed by atoms with Crippen LogP contribution in [0.15, 0.2) is 30.3 Å². The van der Waals surface area contributed by atoms with Crippen LogP contribution in [-0.2, 0) is 13.0 Å². The molecule has 1 aromatic heterocycles. The van der Waals surface area contributed by atoms with E-state index in [-0.39, 0.29) is 6.04 Å². The molecule has 0 saturated heterocycles. The Hall–Kier alpha value is -1.61. The van der Waals surface area contributed by atoms with Crippen LogP contribution in [0, 0.1) is 6.92 Å². The highest BCUT2D eigenvalue weighted by atomic mass is 15.3. The lowest BCUT2D eigenvalue weighted by atomic mass is 9.79. The van der Waals surface area contributed by atoms with E-state index < -0.39 is 0 Å². The third-order valence-corrected chi connectivity index (χ3v) is 4.64. The number of hydrogen-bond donors (Lipinski definition) is 1. The van der Waals surface area contributed by atoms with Gasteiger partial charge in [-0.15, -0.1) is 0 Å². The molecule has 0 spiro atoms. The van der Waals surface area contributed by atoms with Crippen LogP contribution in [0.5, 0.6) is 0 Å². The first kappa shape index (κ1) is 14.3. The summed E-state index contributed by atoms with van der Waals surface area (Å²) in [6, 6.07) is 11.1. The largest absolute Gasteiger partial charge is 0.323 e. The molecular weight excluding hydrogens is 258 g/mol. The third kappa shape index (κ3) is 2.88. The number of fused-ring (bicyclic) bond motifs is 1. The fourth-order valence-corrected chi connectivity index (χ4v) is 3.64. The zero-order valence-electron chi connectivity index (χ0n) is 13.0. The van der Waals surface area contributed by atoms with Gasteiger partial charge in [0.25, 0.3) is 0 Å². The minimum Gasteiger partial charge on any atom is -0.323 e. The summed E-state index contributed by atoms with van der Waals surface area (Å²) in [5.74, 6) is 0.588. The smallest absolute Gasteiger partial charge is 0.0597 e. The van der Waals surface area contributed by atoms with Crippen molar-refractivity contribution in [2.75, 3.05) is 0 Å². The summed E-state index contributed by atoms with van der Waals surface area (Å²) in [6.45, 7) is 5.05. The van der Waals surface area contributed by atoms with Crippen LogP contribution in [-0.4, -0.2) is 9.78 Å². The molecule has 112 valence electrons. The number of rotatable bonds is 4. The van der Waals surface area contributed by atoms with Gasteiger partial charge in [-0.3, -0.25) is 4.68 Å². The molecule has 0 saturated carbocycles. The van der Waals surface area contributed by atoms with E-state index in [1.807, 2.05) is 6.92 Å². The lowest BCUT2D eigenvalue weighted by Crippen LogP contribution is -2.20. The average molecular weight is 283 g/mol. The zero-order chi connectivity index (χ0) is 14.8. The molecule has 2 N–H and O–H groups in total. The summed E-state index contributed by atoms with van der Waals surface area (Å²) < 4.78 is 2.05. The Bertz CT molecular complexity index is 615. The highest BCUT2D eigenvalue weighted by Crippen LogP contribution is 2.37. The molecule has 1 heterocycles. The molecule has 1 aromatic carbocycles. The van der Waals surface area contributed by atoms with E-state index in [0.29, 0.717) is 5.92 Å². The molecular formula is C18H25N3. The van der Waals surface area contributed by atoms with Crippen LogP contribution in [0.4, 0.5) is 0 Å². The van der Waals surface area contributed by atoms with E-state index in [1.165, 1.54) is 36.1 Å². The fraction of sp³-hybridized carbons (Fsp3) is 0.500. The quantitative estimate of drug-likeness (QED) is 0.929. The maximum atomic E-state index is 6.51. The van der Waals surface area contributed by atoms with Gasteiger partial charge in [-0.05, 0) is 62.6 Å². The van der Waals surface area contributed by atoms with Crippen molar-refractivity contribution in [3.05, 3.63) is 52.8 Å². The maximum Gasteiger partial charge on any atom is 0.0597 e.